The predicted molar refractivity (Wildman–Crippen MR) is 78.1 cm³/mol. The first-order valence-corrected chi connectivity index (χ1v) is 11.7. The summed E-state index contributed by atoms with van der Waals surface area (Å²) < 4.78 is 54.7. The number of ether oxygens (including phenoxy) is 2. The standard InChI is InChI=1S/C10H21O12P3.B/c1-18-9-5-8(7-3-2-4-7)20-10(9)6-19-24(14,15)22-25(16,17)21-23(11,12)13;/h7-10H,2-6H2,1H3,(H,14,15)(H,16,17)(H2,11,12,13);/p-4/t8-,9?,10-;/m1./s1. The number of phosphoric acid groups is 3. The van der Waals surface area contributed by atoms with Crippen molar-refractivity contribution in [3.8, 4) is 0 Å². The normalized spacial score (nSPS) is 31.5. The monoisotopic (exact) mass is 433 g/mol. The zero-order valence-electron chi connectivity index (χ0n) is 13.7. The molecule has 0 bridgehead atoms. The van der Waals surface area contributed by atoms with Crippen molar-refractivity contribution in [2.24, 2.45) is 5.92 Å². The van der Waals surface area contributed by atoms with Gasteiger partial charge in [0, 0.05) is 21.9 Å². The summed E-state index contributed by atoms with van der Waals surface area (Å²) in [6.07, 6.45) is 2.29. The zero-order chi connectivity index (χ0) is 18.9. The lowest BCUT2D eigenvalue weighted by atomic mass is 9.80. The van der Waals surface area contributed by atoms with Crippen LogP contribution in [-0.2, 0) is 36.3 Å². The topological polar surface area (TPSA) is 190 Å². The van der Waals surface area contributed by atoms with E-state index in [4.69, 9.17) is 9.47 Å². The molecule has 0 aromatic carbocycles. The van der Waals surface area contributed by atoms with Gasteiger partial charge < -0.3 is 38.1 Å². The molecule has 3 unspecified atom stereocenters. The predicted octanol–water partition coefficient (Wildman–Crippen LogP) is -1.61. The van der Waals surface area contributed by atoms with Gasteiger partial charge in [-0.15, -0.1) is 0 Å². The van der Waals surface area contributed by atoms with Gasteiger partial charge in [0.25, 0.3) is 15.6 Å². The van der Waals surface area contributed by atoms with Gasteiger partial charge in [0.2, 0.25) is 0 Å². The first-order valence-electron chi connectivity index (χ1n) is 7.30. The Balaban J connectivity index is 0.00000338. The molecule has 12 nitrogen and oxygen atoms in total. The third kappa shape index (κ3) is 7.43. The summed E-state index contributed by atoms with van der Waals surface area (Å²) in [6.45, 7) is -0.602. The molecule has 2 aliphatic rings. The highest BCUT2D eigenvalue weighted by Gasteiger charge is 2.41. The maximum absolute atomic E-state index is 11.5. The second-order valence-corrected chi connectivity index (χ2v) is 9.96. The van der Waals surface area contributed by atoms with Crippen LogP contribution in [-0.4, -0.2) is 40.4 Å². The molecule has 2 rings (SSSR count). The fourth-order valence-corrected chi connectivity index (χ4v) is 5.57. The van der Waals surface area contributed by atoms with Crippen LogP contribution < -0.4 is 19.6 Å². The van der Waals surface area contributed by atoms with E-state index in [2.05, 4.69) is 13.1 Å². The number of rotatable bonds is 9. The molecule has 3 radical (unpaired) electrons. The summed E-state index contributed by atoms with van der Waals surface area (Å²) in [4.78, 5) is 43.1. The van der Waals surface area contributed by atoms with E-state index in [0.717, 1.165) is 19.3 Å². The van der Waals surface area contributed by atoms with Crippen LogP contribution in [0.25, 0.3) is 0 Å². The Hall–Kier alpha value is 0.395. The first kappa shape index (κ1) is 24.4. The van der Waals surface area contributed by atoms with E-state index < -0.39 is 42.3 Å². The van der Waals surface area contributed by atoms with E-state index in [9.17, 15) is 33.3 Å². The van der Waals surface area contributed by atoms with Crippen molar-refractivity contribution in [3.05, 3.63) is 0 Å². The highest BCUT2D eigenvalue weighted by atomic mass is 31.3. The minimum absolute atomic E-state index is 0. The fraction of sp³-hybridized carbons (Fsp3) is 1.00. The molecule has 1 heterocycles. The zero-order valence-corrected chi connectivity index (χ0v) is 16.3. The van der Waals surface area contributed by atoms with E-state index in [1.807, 2.05) is 0 Å². The van der Waals surface area contributed by atoms with Crippen molar-refractivity contribution >= 4 is 31.9 Å². The van der Waals surface area contributed by atoms with Crippen LogP contribution >= 0.6 is 23.5 Å². The van der Waals surface area contributed by atoms with E-state index >= 15 is 0 Å². The molecule has 0 spiro atoms. The summed E-state index contributed by atoms with van der Waals surface area (Å²) in [5.74, 6) is 0.358. The molecule has 2 fully saturated rings. The van der Waals surface area contributed by atoms with Gasteiger partial charge in [-0.05, 0) is 18.8 Å². The Morgan fingerprint density at radius 2 is 1.65 bits per heavy atom. The highest BCUT2D eigenvalue weighted by molar-refractivity contribution is 7.64. The highest BCUT2D eigenvalue weighted by Crippen LogP contribution is 2.60. The molecule has 5 atom stereocenters. The number of methoxy groups -OCH3 is 1. The smallest absolute Gasteiger partial charge is 0.278 e. The van der Waals surface area contributed by atoms with Gasteiger partial charge in [0.05, 0.1) is 26.6 Å². The van der Waals surface area contributed by atoms with E-state index in [1.165, 1.54) is 7.11 Å². The third-order valence-corrected chi connectivity index (χ3v) is 7.67. The molecule has 151 valence electrons. The first-order chi connectivity index (χ1) is 11.4. The molecular formula is C10H17BO12P3-4. The van der Waals surface area contributed by atoms with E-state index in [0.29, 0.717) is 12.3 Å². The quantitative estimate of drug-likeness (QED) is 0.299. The lowest BCUT2D eigenvalue weighted by Crippen LogP contribution is -2.30. The molecule has 1 saturated heterocycles. The Morgan fingerprint density at radius 1 is 1.04 bits per heavy atom. The molecule has 0 amide bonds. The summed E-state index contributed by atoms with van der Waals surface area (Å²) in [6, 6.07) is 0. The molecule has 16 heteroatoms. The van der Waals surface area contributed by atoms with Gasteiger partial charge in [-0.3, -0.25) is 13.4 Å². The minimum atomic E-state index is -6.00. The van der Waals surface area contributed by atoms with Crippen molar-refractivity contribution < 1.29 is 55.9 Å². The summed E-state index contributed by atoms with van der Waals surface area (Å²) in [5, 5.41) is 0. The second-order valence-electron chi connectivity index (χ2n) is 5.71. The maximum Gasteiger partial charge on any atom is 0.278 e. The van der Waals surface area contributed by atoms with Gasteiger partial charge >= 0.3 is 0 Å². The largest absolute Gasteiger partial charge is 0.790 e. The van der Waals surface area contributed by atoms with Crippen LogP contribution in [0, 0.1) is 5.92 Å². The SMILES string of the molecule is COC1C[C@H](C2CCC2)O[C@@H]1COP(=O)([O-])OP(=O)([O-])OP(=O)([O-])[O-].[B]. The van der Waals surface area contributed by atoms with Crippen LogP contribution in [0.4, 0.5) is 0 Å². The second kappa shape index (κ2) is 9.26. The van der Waals surface area contributed by atoms with E-state index in [1.54, 1.807) is 0 Å². The summed E-state index contributed by atoms with van der Waals surface area (Å²) in [5.41, 5.74) is 0. The van der Waals surface area contributed by atoms with Gasteiger partial charge in [-0.1, -0.05) is 6.42 Å². The lowest BCUT2D eigenvalue weighted by Gasteiger charge is -2.37. The summed E-state index contributed by atoms with van der Waals surface area (Å²) >= 11 is 0. The van der Waals surface area contributed by atoms with Crippen molar-refractivity contribution in [1.29, 1.82) is 0 Å². The van der Waals surface area contributed by atoms with Crippen LogP contribution in [0.2, 0.25) is 0 Å². The van der Waals surface area contributed by atoms with Crippen molar-refractivity contribution in [2.75, 3.05) is 13.7 Å². The van der Waals surface area contributed by atoms with Gasteiger partial charge in [0.1, 0.15) is 6.10 Å². The molecule has 1 aliphatic heterocycles. The fourth-order valence-electron chi connectivity index (χ4n) is 2.71. The average Bonchev–Trinajstić information content (AvgIpc) is 2.72. The molecule has 0 aromatic rings. The molecule has 26 heavy (non-hydrogen) atoms. The van der Waals surface area contributed by atoms with Crippen molar-refractivity contribution in [1.82, 2.24) is 0 Å². The van der Waals surface area contributed by atoms with E-state index in [-0.39, 0.29) is 14.5 Å². The molecule has 0 N–H and O–H groups in total. The molecule has 0 aromatic heterocycles. The Bertz CT molecular complexity index is 606. The van der Waals surface area contributed by atoms with Crippen LogP contribution in [0.5, 0.6) is 0 Å². The van der Waals surface area contributed by atoms with Crippen LogP contribution in [0.15, 0.2) is 0 Å². The number of hydrogen-bond acceptors (Lipinski definition) is 12. The number of phosphoric ester groups is 1. The van der Waals surface area contributed by atoms with Gasteiger partial charge in [0.15, 0.2) is 0 Å². The van der Waals surface area contributed by atoms with Gasteiger partial charge in [-0.2, -0.15) is 0 Å². The molecule has 1 saturated carbocycles. The van der Waals surface area contributed by atoms with Gasteiger partial charge in [-0.25, -0.2) is 4.31 Å². The molecule has 1 aliphatic carbocycles. The average molecular weight is 433 g/mol. The third-order valence-electron chi connectivity index (χ3n) is 4.00. The Labute approximate surface area is 152 Å². The number of hydrogen-bond donors (Lipinski definition) is 0. The lowest BCUT2D eigenvalue weighted by molar-refractivity contribution is -0.339. The maximum atomic E-state index is 11.5. The summed E-state index contributed by atoms with van der Waals surface area (Å²) in [7, 11) is -16.1. The van der Waals surface area contributed by atoms with Crippen LogP contribution in [0.1, 0.15) is 25.7 Å². The minimum Gasteiger partial charge on any atom is -0.790 e. The van der Waals surface area contributed by atoms with Crippen molar-refractivity contribution in [2.45, 2.75) is 44.0 Å². The Kier molecular flexibility index (Phi) is 8.70. The molecular weight excluding hydrogens is 416 g/mol. The Morgan fingerprint density at radius 3 is 2.12 bits per heavy atom. The van der Waals surface area contributed by atoms with Crippen LogP contribution in [0.3, 0.4) is 0 Å². The van der Waals surface area contributed by atoms with Crippen molar-refractivity contribution in [3.63, 3.8) is 0 Å².